The van der Waals surface area contributed by atoms with Gasteiger partial charge < -0.3 is 10.1 Å². The molecule has 2 nitrogen and oxygen atoms in total. The highest BCUT2D eigenvalue weighted by molar-refractivity contribution is 6.30. The Morgan fingerprint density at radius 1 is 1.39 bits per heavy atom. The zero-order chi connectivity index (χ0) is 13.0. The fourth-order valence-corrected chi connectivity index (χ4v) is 2.90. The van der Waals surface area contributed by atoms with Crippen LogP contribution in [0.5, 0.6) is 0 Å². The molecule has 0 amide bonds. The maximum atomic E-state index is 5.96. The molecule has 1 fully saturated rings. The van der Waals surface area contributed by atoms with Crippen molar-refractivity contribution in [1.82, 2.24) is 5.32 Å². The molecular weight excluding hydrogens is 246 g/mol. The van der Waals surface area contributed by atoms with E-state index in [0.717, 1.165) is 24.7 Å². The molecule has 1 aliphatic carbocycles. The van der Waals surface area contributed by atoms with Crippen molar-refractivity contribution in [3.8, 4) is 0 Å². The van der Waals surface area contributed by atoms with Crippen molar-refractivity contribution >= 4 is 11.6 Å². The molecular formula is C15H22ClNO. The second-order valence-corrected chi connectivity index (χ2v) is 5.90. The molecule has 100 valence electrons. The first kappa shape index (κ1) is 13.9. The number of hydrogen-bond donors (Lipinski definition) is 1. The molecule has 1 N–H and O–H groups in total. The monoisotopic (exact) mass is 267 g/mol. The van der Waals surface area contributed by atoms with Gasteiger partial charge in [0.2, 0.25) is 0 Å². The summed E-state index contributed by atoms with van der Waals surface area (Å²) < 4.78 is 5.33. The number of rotatable bonds is 6. The van der Waals surface area contributed by atoms with Gasteiger partial charge in [0.05, 0.1) is 6.61 Å². The van der Waals surface area contributed by atoms with E-state index in [4.69, 9.17) is 16.3 Å². The predicted molar refractivity (Wildman–Crippen MR) is 76.1 cm³/mol. The molecule has 0 aliphatic heterocycles. The molecule has 0 radical (unpaired) electrons. The van der Waals surface area contributed by atoms with Gasteiger partial charge in [0.1, 0.15) is 0 Å². The SMILES string of the molecule is COCC1(CNCc2ccc(Cl)cc2C)CCC1. The smallest absolute Gasteiger partial charge is 0.0530 e. The van der Waals surface area contributed by atoms with Crippen molar-refractivity contribution in [3.05, 3.63) is 34.3 Å². The quantitative estimate of drug-likeness (QED) is 0.851. The number of hydrogen-bond acceptors (Lipinski definition) is 2. The van der Waals surface area contributed by atoms with Crippen molar-refractivity contribution in [2.45, 2.75) is 32.7 Å². The van der Waals surface area contributed by atoms with E-state index in [1.165, 1.54) is 30.4 Å². The Morgan fingerprint density at radius 3 is 2.72 bits per heavy atom. The average molecular weight is 268 g/mol. The second kappa shape index (κ2) is 6.05. The highest BCUT2D eigenvalue weighted by atomic mass is 35.5. The normalized spacial score (nSPS) is 17.5. The molecule has 0 saturated heterocycles. The molecule has 18 heavy (non-hydrogen) atoms. The largest absolute Gasteiger partial charge is 0.384 e. The van der Waals surface area contributed by atoms with Gasteiger partial charge in [-0.2, -0.15) is 0 Å². The molecule has 0 unspecified atom stereocenters. The summed E-state index contributed by atoms with van der Waals surface area (Å²) in [6.45, 7) is 4.94. The van der Waals surface area contributed by atoms with E-state index >= 15 is 0 Å². The van der Waals surface area contributed by atoms with Gasteiger partial charge in [-0.15, -0.1) is 0 Å². The maximum absolute atomic E-state index is 5.96. The lowest BCUT2D eigenvalue weighted by Crippen LogP contribution is -2.43. The van der Waals surface area contributed by atoms with Crippen LogP contribution in [0.3, 0.4) is 0 Å². The first-order chi connectivity index (χ1) is 8.65. The van der Waals surface area contributed by atoms with Crippen LogP contribution in [-0.4, -0.2) is 20.3 Å². The van der Waals surface area contributed by atoms with Crippen LogP contribution in [0.1, 0.15) is 30.4 Å². The van der Waals surface area contributed by atoms with E-state index in [2.05, 4.69) is 18.3 Å². The maximum Gasteiger partial charge on any atom is 0.0530 e. The van der Waals surface area contributed by atoms with Crippen LogP contribution in [0.25, 0.3) is 0 Å². The molecule has 2 rings (SSSR count). The third kappa shape index (κ3) is 3.25. The van der Waals surface area contributed by atoms with Gasteiger partial charge in [0, 0.05) is 30.6 Å². The average Bonchev–Trinajstić information content (AvgIpc) is 2.28. The van der Waals surface area contributed by atoms with Gasteiger partial charge in [-0.25, -0.2) is 0 Å². The van der Waals surface area contributed by atoms with E-state index in [9.17, 15) is 0 Å². The Labute approximate surface area is 115 Å². The standard InChI is InChI=1S/C15H22ClNO/c1-12-8-14(16)5-4-13(12)9-17-10-15(11-18-2)6-3-7-15/h4-5,8,17H,3,6-7,9-11H2,1-2H3. The fraction of sp³-hybridized carbons (Fsp3) is 0.600. The topological polar surface area (TPSA) is 21.3 Å². The molecule has 0 heterocycles. The van der Waals surface area contributed by atoms with Crippen LogP contribution in [0, 0.1) is 12.3 Å². The molecule has 0 bridgehead atoms. The van der Waals surface area contributed by atoms with E-state index in [-0.39, 0.29) is 0 Å². The van der Waals surface area contributed by atoms with Crippen LogP contribution in [0.15, 0.2) is 18.2 Å². The third-order valence-electron chi connectivity index (χ3n) is 3.98. The van der Waals surface area contributed by atoms with Crippen molar-refractivity contribution in [2.75, 3.05) is 20.3 Å². The highest BCUT2D eigenvalue weighted by Crippen LogP contribution is 2.40. The Bertz CT molecular complexity index is 401. The van der Waals surface area contributed by atoms with Gasteiger partial charge in [-0.05, 0) is 43.0 Å². The lowest BCUT2D eigenvalue weighted by molar-refractivity contribution is 0.0177. The van der Waals surface area contributed by atoms with E-state index in [1.54, 1.807) is 7.11 Å². The number of nitrogens with one attached hydrogen (secondary N) is 1. The lowest BCUT2D eigenvalue weighted by Gasteiger charge is -2.41. The number of halogens is 1. The van der Waals surface area contributed by atoms with Gasteiger partial charge in [-0.3, -0.25) is 0 Å². The fourth-order valence-electron chi connectivity index (χ4n) is 2.68. The Hall–Kier alpha value is -0.570. The Morgan fingerprint density at radius 2 is 2.17 bits per heavy atom. The van der Waals surface area contributed by atoms with Crippen LogP contribution in [0.4, 0.5) is 0 Å². The summed E-state index contributed by atoms with van der Waals surface area (Å²) in [6, 6.07) is 6.08. The summed E-state index contributed by atoms with van der Waals surface area (Å²) in [5, 5.41) is 4.38. The summed E-state index contributed by atoms with van der Waals surface area (Å²) in [7, 11) is 1.80. The highest BCUT2D eigenvalue weighted by Gasteiger charge is 2.36. The molecule has 1 saturated carbocycles. The molecule has 0 atom stereocenters. The van der Waals surface area contributed by atoms with Crippen LogP contribution < -0.4 is 5.32 Å². The number of ether oxygens (including phenoxy) is 1. The molecule has 0 spiro atoms. The van der Waals surface area contributed by atoms with Crippen molar-refractivity contribution in [2.24, 2.45) is 5.41 Å². The molecule has 3 heteroatoms. The zero-order valence-electron chi connectivity index (χ0n) is 11.3. The molecule has 0 aromatic heterocycles. The van der Waals surface area contributed by atoms with Gasteiger partial charge in [0.25, 0.3) is 0 Å². The van der Waals surface area contributed by atoms with Crippen LogP contribution in [0.2, 0.25) is 5.02 Å². The van der Waals surface area contributed by atoms with Crippen molar-refractivity contribution < 1.29 is 4.74 Å². The van der Waals surface area contributed by atoms with E-state index < -0.39 is 0 Å². The molecule has 1 aromatic rings. The predicted octanol–water partition coefficient (Wildman–Crippen LogP) is 3.55. The van der Waals surface area contributed by atoms with Gasteiger partial charge >= 0.3 is 0 Å². The van der Waals surface area contributed by atoms with Gasteiger partial charge in [-0.1, -0.05) is 24.1 Å². The Balaban J connectivity index is 1.84. The third-order valence-corrected chi connectivity index (χ3v) is 4.22. The van der Waals surface area contributed by atoms with Crippen molar-refractivity contribution in [3.63, 3.8) is 0 Å². The van der Waals surface area contributed by atoms with Crippen LogP contribution >= 0.6 is 11.6 Å². The lowest BCUT2D eigenvalue weighted by atomic mass is 9.69. The molecule has 1 aliphatic rings. The summed E-state index contributed by atoms with van der Waals surface area (Å²) in [5.74, 6) is 0. The number of methoxy groups -OCH3 is 1. The minimum absolute atomic E-state index is 0.384. The minimum atomic E-state index is 0.384. The minimum Gasteiger partial charge on any atom is -0.384 e. The number of aryl methyl sites for hydroxylation is 1. The van der Waals surface area contributed by atoms with Crippen molar-refractivity contribution in [1.29, 1.82) is 0 Å². The first-order valence-electron chi connectivity index (χ1n) is 6.60. The summed E-state index contributed by atoms with van der Waals surface area (Å²) in [4.78, 5) is 0. The summed E-state index contributed by atoms with van der Waals surface area (Å²) >= 11 is 5.96. The summed E-state index contributed by atoms with van der Waals surface area (Å²) in [6.07, 6.45) is 3.91. The van der Waals surface area contributed by atoms with E-state index in [1.807, 2.05) is 12.1 Å². The zero-order valence-corrected chi connectivity index (χ0v) is 12.0. The Kier molecular flexibility index (Phi) is 4.66. The van der Waals surface area contributed by atoms with E-state index in [0.29, 0.717) is 5.41 Å². The second-order valence-electron chi connectivity index (χ2n) is 5.46. The van der Waals surface area contributed by atoms with Gasteiger partial charge in [0.15, 0.2) is 0 Å². The van der Waals surface area contributed by atoms with Crippen LogP contribution in [-0.2, 0) is 11.3 Å². The number of benzene rings is 1. The summed E-state index contributed by atoms with van der Waals surface area (Å²) in [5.41, 5.74) is 2.96. The molecule has 1 aromatic carbocycles. The first-order valence-corrected chi connectivity index (χ1v) is 6.98.